The van der Waals surface area contributed by atoms with Gasteiger partial charge in [0.2, 0.25) is 0 Å². The van der Waals surface area contributed by atoms with Crippen LogP contribution in [-0.4, -0.2) is 0 Å². The van der Waals surface area contributed by atoms with Crippen LogP contribution in [0.25, 0.3) is 21.5 Å². The van der Waals surface area contributed by atoms with Gasteiger partial charge < -0.3 is 9.80 Å². The van der Waals surface area contributed by atoms with E-state index < -0.39 is 0 Å². The summed E-state index contributed by atoms with van der Waals surface area (Å²) in [5.74, 6) is 0.451. The average Bonchev–Trinajstić information content (AvgIpc) is 3.13. The molecule has 0 aliphatic rings. The van der Waals surface area contributed by atoms with Gasteiger partial charge in [-0.3, -0.25) is 0 Å². The first-order valence-corrected chi connectivity index (χ1v) is 19.5. The van der Waals surface area contributed by atoms with Gasteiger partial charge in [0.1, 0.15) is 0 Å². The summed E-state index contributed by atoms with van der Waals surface area (Å²) in [5, 5.41) is 4.89. The van der Waals surface area contributed by atoms with Gasteiger partial charge in [0, 0.05) is 44.3 Å². The Morgan fingerprint density at radius 2 is 0.667 bits per heavy atom. The van der Waals surface area contributed by atoms with Crippen molar-refractivity contribution in [1.29, 1.82) is 0 Å². The predicted octanol–water partition coefficient (Wildman–Crippen LogP) is 15.6. The molecular formula is C52H56N2. The quantitative estimate of drug-likeness (QED) is 0.120. The number of rotatable bonds is 7. The Balaban J connectivity index is 1.70. The highest BCUT2D eigenvalue weighted by molar-refractivity contribution is 6.23. The molecule has 0 aliphatic carbocycles. The second kappa shape index (κ2) is 14.1. The van der Waals surface area contributed by atoms with Crippen LogP contribution in [0.5, 0.6) is 0 Å². The van der Waals surface area contributed by atoms with Crippen molar-refractivity contribution in [2.24, 2.45) is 0 Å². The molecule has 0 saturated carbocycles. The Bertz CT molecular complexity index is 2370. The third-order valence-electron chi connectivity index (χ3n) is 10.9. The smallest absolute Gasteiger partial charge is 0.0620 e. The van der Waals surface area contributed by atoms with Gasteiger partial charge in [0.15, 0.2) is 0 Å². The van der Waals surface area contributed by atoms with E-state index in [4.69, 9.17) is 0 Å². The molecule has 0 aliphatic heterocycles. The molecular weight excluding hydrogens is 653 g/mol. The zero-order valence-corrected chi connectivity index (χ0v) is 34.2. The van der Waals surface area contributed by atoms with Crippen LogP contribution in [0.15, 0.2) is 133 Å². The summed E-state index contributed by atoms with van der Waals surface area (Å²) in [6.07, 6.45) is 0. The van der Waals surface area contributed by atoms with E-state index >= 15 is 0 Å². The highest BCUT2D eigenvalue weighted by Gasteiger charge is 2.28. The molecule has 0 heterocycles. The molecule has 274 valence electrons. The Hall–Kier alpha value is -5.34. The third kappa shape index (κ3) is 7.15. The maximum absolute atomic E-state index is 2.50. The SMILES string of the molecule is Cc1ccc(N(c2ccc(C)cc2)c2c3ccc(C(C)(C)C)cc3c(N(c3ccc(C)cc3)c3ccc(C(C)C)cc3)c3ccc(C(C)(C)C)cc23)cc1. The molecule has 7 aromatic rings. The molecule has 0 radical (unpaired) electrons. The fourth-order valence-electron chi connectivity index (χ4n) is 7.50. The molecule has 0 atom stereocenters. The lowest BCUT2D eigenvalue weighted by molar-refractivity contribution is 0.590. The standard InChI is InChI=1S/C52H56N2/c1-34(2)38-18-28-44(29-19-38)54(43-26-16-37(5)17-27-43)50-46-31-21-39(51(6,7)8)32-47(46)49(45-30-20-40(33-48(45)50)52(9,10)11)53(41-22-12-35(3)13-23-41)42-24-14-36(4)15-25-42/h12-34H,1-11H3. The summed E-state index contributed by atoms with van der Waals surface area (Å²) >= 11 is 0. The molecule has 7 aromatic carbocycles. The minimum absolute atomic E-state index is 0.0431. The van der Waals surface area contributed by atoms with Gasteiger partial charge in [-0.15, -0.1) is 0 Å². The van der Waals surface area contributed by atoms with Crippen molar-refractivity contribution in [2.45, 2.75) is 92.9 Å². The van der Waals surface area contributed by atoms with Crippen molar-refractivity contribution >= 4 is 55.7 Å². The zero-order chi connectivity index (χ0) is 38.5. The fourth-order valence-corrected chi connectivity index (χ4v) is 7.50. The number of hydrogen-bond donors (Lipinski definition) is 0. The van der Waals surface area contributed by atoms with E-state index in [0.29, 0.717) is 5.92 Å². The number of nitrogens with zero attached hydrogens (tertiary/aromatic N) is 2. The summed E-state index contributed by atoms with van der Waals surface area (Å²) in [6, 6.07) is 50.7. The first-order valence-electron chi connectivity index (χ1n) is 19.5. The highest BCUT2D eigenvalue weighted by atomic mass is 15.2. The van der Waals surface area contributed by atoms with Crippen LogP contribution < -0.4 is 9.80 Å². The van der Waals surface area contributed by atoms with E-state index in [1.165, 1.54) is 66.3 Å². The van der Waals surface area contributed by atoms with Crippen molar-refractivity contribution in [2.75, 3.05) is 9.80 Å². The second-order valence-corrected chi connectivity index (χ2v) is 17.6. The van der Waals surface area contributed by atoms with Gasteiger partial charge >= 0.3 is 0 Å². The molecule has 0 unspecified atom stereocenters. The van der Waals surface area contributed by atoms with E-state index in [1.54, 1.807) is 0 Å². The molecule has 2 nitrogen and oxygen atoms in total. The van der Waals surface area contributed by atoms with Crippen LogP contribution in [0.4, 0.5) is 34.1 Å². The first kappa shape index (κ1) is 37.0. The van der Waals surface area contributed by atoms with Gasteiger partial charge in [-0.2, -0.15) is 0 Å². The molecule has 0 spiro atoms. The normalized spacial score (nSPS) is 12.1. The average molecular weight is 709 g/mol. The van der Waals surface area contributed by atoms with Gasteiger partial charge in [0.25, 0.3) is 0 Å². The van der Waals surface area contributed by atoms with Crippen LogP contribution >= 0.6 is 0 Å². The minimum Gasteiger partial charge on any atom is -0.309 e. The van der Waals surface area contributed by atoms with Crippen LogP contribution in [0, 0.1) is 20.8 Å². The summed E-state index contributed by atoms with van der Waals surface area (Å²) in [4.78, 5) is 4.99. The molecule has 2 heteroatoms. The summed E-state index contributed by atoms with van der Waals surface area (Å²) < 4.78 is 0. The van der Waals surface area contributed by atoms with E-state index in [-0.39, 0.29) is 10.8 Å². The Labute approximate surface area is 324 Å². The number of anilines is 6. The number of benzene rings is 7. The topological polar surface area (TPSA) is 6.48 Å². The Morgan fingerprint density at radius 1 is 0.370 bits per heavy atom. The largest absolute Gasteiger partial charge is 0.309 e. The van der Waals surface area contributed by atoms with E-state index in [9.17, 15) is 0 Å². The maximum Gasteiger partial charge on any atom is 0.0620 e. The van der Waals surface area contributed by atoms with Crippen molar-refractivity contribution in [3.05, 3.63) is 167 Å². The van der Waals surface area contributed by atoms with Crippen molar-refractivity contribution in [3.63, 3.8) is 0 Å². The second-order valence-electron chi connectivity index (χ2n) is 17.6. The summed E-state index contributed by atoms with van der Waals surface area (Å²) in [7, 11) is 0. The van der Waals surface area contributed by atoms with Crippen LogP contribution in [-0.2, 0) is 10.8 Å². The molecule has 0 N–H and O–H groups in total. The molecule has 0 fully saturated rings. The zero-order valence-electron chi connectivity index (χ0n) is 34.2. The Morgan fingerprint density at radius 3 is 0.944 bits per heavy atom. The molecule has 0 aromatic heterocycles. The molecule has 7 rings (SSSR count). The summed E-state index contributed by atoms with van der Waals surface area (Å²) in [5.41, 5.74) is 14.6. The maximum atomic E-state index is 2.50. The highest BCUT2D eigenvalue weighted by Crippen LogP contribution is 2.52. The Kier molecular flexibility index (Phi) is 9.69. The number of hydrogen-bond acceptors (Lipinski definition) is 2. The first-order chi connectivity index (χ1) is 25.6. The van der Waals surface area contributed by atoms with E-state index in [1.807, 2.05) is 0 Å². The number of fused-ring (bicyclic) bond motifs is 2. The van der Waals surface area contributed by atoms with Crippen molar-refractivity contribution in [3.8, 4) is 0 Å². The fraction of sp³-hybridized carbons (Fsp3) is 0.269. The van der Waals surface area contributed by atoms with Crippen molar-refractivity contribution in [1.82, 2.24) is 0 Å². The molecule has 0 saturated heterocycles. The van der Waals surface area contributed by atoms with Crippen LogP contribution in [0.2, 0.25) is 0 Å². The molecule has 0 amide bonds. The van der Waals surface area contributed by atoms with Gasteiger partial charge in [0.05, 0.1) is 11.4 Å². The van der Waals surface area contributed by atoms with E-state index in [0.717, 1.165) is 22.7 Å². The van der Waals surface area contributed by atoms with Crippen molar-refractivity contribution < 1.29 is 0 Å². The lowest BCUT2D eigenvalue weighted by Crippen LogP contribution is -2.17. The predicted molar refractivity (Wildman–Crippen MR) is 237 cm³/mol. The monoisotopic (exact) mass is 708 g/mol. The van der Waals surface area contributed by atoms with Crippen LogP contribution in [0.3, 0.4) is 0 Å². The lowest BCUT2D eigenvalue weighted by atomic mass is 9.82. The third-order valence-corrected chi connectivity index (χ3v) is 10.9. The molecule has 0 bridgehead atoms. The number of aryl methyl sites for hydroxylation is 3. The molecule has 54 heavy (non-hydrogen) atoms. The minimum atomic E-state index is -0.0438. The van der Waals surface area contributed by atoms with Gasteiger partial charge in [-0.25, -0.2) is 0 Å². The van der Waals surface area contributed by atoms with E-state index in [2.05, 4.69) is 219 Å². The lowest BCUT2D eigenvalue weighted by Gasteiger charge is -2.34. The van der Waals surface area contributed by atoms with Gasteiger partial charge in [-0.05, 0) is 115 Å². The summed E-state index contributed by atoms with van der Waals surface area (Å²) in [6.45, 7) is 24.9. The van der Waals surface area contributed by atoms with Crippen LogP contribution in [0.1, 0.15) is 94.7 Å². The van der Waals surface area contributed by atoms with Gasteiger partial charge in [-0.1, -0.05) is 145 Å².